The second kappa shape index (κ2) is 5.83. The van der Waals surface area contributed by atoms with Crippen LogP contribution in [0.3, 0.4) is 0 Å². The number of morpholine rings is 1. The molecule has 0 N–H and O–H groups in total. The summed E-state index contributed by atoms with van der Waals surface area (Å²) in [5, 5.41) is 0.429. The number of para-hydroxylation sites is 1. The summed E-state index contributed by atoms with van der Waals surface area (Å²) in [6.45, 7) is 3.78. The van der Waals surface area contributed by atoms with E-state index in [1.54, 1.807) is 16.7 Å². The molecule has 118 valence electrons. The highest BCUT2D eigenvalue weighted by Gasteiger charge is 2.29. The molecule has 0 aliphatic carbocycles. The fraction of sp³-hybridized carbons (Fsp3) is 0.400. The van der Waals surface area contributed by atoms with Gasteiger partial charge in [-0.25, -0.2) is 8.42 Å². The number of hydrogen-bond acceptors (Lipinski definition) is 4. The van der Waals surface area contributed by atoms with Gasteiger partial charge in [0.15, 0.2) is 0 Å². The number of benzene rings is 1. The molecule has 6 nitrogen and oxygen atoms in total. The molecule has 0 radical (unpaired) electrons. The van der Waals surface area contributed by atoms with Crippen molar-refractivity contribution in [2.24, 2.45) is 0 Å². The minimum Gasteiger partial charge on any atom is -0.379 e. The van der Waals surface area contributed by atoms with Crippen LogP contribution in [0.15, 0.2) is 40.2 Å². The van der Waals surface area contributed by atoms with Crippen LogP contribution in [0.2, 0.25) is 0 Å². The molecule has 0 saturated carbocycles. The van der Waals surface area contributed by atoms with Crippen LogP contribution in [0.4, 0.5) is 0 Å². The van der Waals surface area contributed by atoms with E-state index >= 15 is 0 Å². The lowest BCUT2D eigenvalue weighted by Gasteiger charge is -2.26. The Kier molecular flexibility index (Phi) is 4.03. The molecular weight excluding hydrogens is 304 g/mol. The molecule has 2 heterocycles. The van der Waals surface area contributed by atoms with Gasteiger partial charge in [-0.05, 0) is 19.1 Å². The number of rotatable bonds is 3. The van der Waals surface area contributed by atoms with Gasteiger partial charge in [-0.2, -0.15) is 4.31 Å². The quantitative estimate of drug-likeness (QED) is 0.847. The molecular formula is C15H18N2O4S. The molecule has 22 heavy (non-hydrogen) atoms. The number of pyridine rings is 1. The molecule has 1 aliphatic rings. The Hall–Kier alpha value is -1.70. The van der Waals surface area contributed by atoms with Crippen molar-refractivity contribution in [3.05, 3.63) is 40.7 Å². The number of aryl methyl sites for hydroxylation is 1. The monoisotopic (exact) mass is 322 g/mol. The molecule has 0 amide bonds. The zero-order valence-corrected chi connectivity index (χ0v) is 13.2. The second-order valence-electron chi connectivity index (χ2n) is 5.14. The van der Waals surface area contributed by atoms with Crippen LogP contribution in [-0.2, 0) is 21.3 Å². The number of aromatic nitrogens is 1. The fourth-order valence-electron chi connectivity index (χ4n) is 2.69. The summed E-state index contributed by atoms with van der Waals surface area (Å²) in [4.78, 5) is 12.5. The van der Waals surface area contributed by atoms with Crippen LogP contribution in [0.5, 0.6) is 0 Å². The van der Waals surface area contributed by atoms with Gasteiger partial charge in [0.1, 0.15) is 4.90 Å². The van der Waals surface area contributed by atoms with Gasteiger partial charge >= 0.3 is 0 Å². The van der Waals surface area contributed by atoms with Crippen LogP contribution in [-0.4, -0.2) is 43.6 Å². The standard InChI is InChI=1S/C15H18N2O4S/c1-2-16-11-14(15(18)12-5-3-4-6-13(12)16)22(19,20)17-7-9-21-10-8-17/h3-6,11H,2,7-10H2,1H3. The van der Waals surface area contributed by atoms with Crippen molar-refractivity contribution >= 4 is 20.9 Å². The summed E-state index contributed by atoms with van der Waals surface area (Å²) in [6, 6.07) is 7.08. The Balaban J connectivity index is 2.22. The molecule has 0 spiro atoms. The molecule has 0 unspecified atom stereocenters. The first kappa shape index (κ1) is 15.2. The smallest absolute Gasteiger partial charge is 0.248 e. The normalized spacial score (nSPS) is 17.0. The van der Waals surface area contributed by atoms with Gasteiger partial charge in [0.05, 0.1) is 18.7 Å². The molecule has 3 rings (SSSR count). The number of hydrogen-bond donors (Lipinski definition) is 0. The maximum Gasteiger partial charge on any atom is 0.248 e. The average Bonchev–Trinajstić information content (AvgIpc) is 2.56. The highest BCUT2D eigenvalue weighted by atomic mass is 32.2. The van der Waals surface area contributed by atoms with E-state index in [0.29, 0.717) is 25.1 Å². The molecule has 1 fully saturated rings. The van der Waals surface area contributed by atoms with Gasteiger partial charge in [-0.3, -0.25) is 4.79 Å². The minimum atomic E-state index is -3.80. The Morgan fingerprint density at radius 1 is 1.18 bits per heavy atom. The van der Waals surface area contributed by atoms with Crippen molar-refractivity contribution in [2.75, 3.05) is 26.3 Å². The van der Waals surface area contributed by atoms with Gasteiger partial charge < -0.3 is 9.30 Å². The predicted molar refractivity (Wildman–Crippen MR) is 83.5 cm³/mol. The number of fused-ring (bicyclic) bond motifs is 1. The maximum atomic E-state index is 12.8. The van der Waals surface area contributed by atoms with Gasteiger partial charge in [0, 0.05) is 31.2 Å². The van der Waals surface area contributed by atoms with Crippen LogP contribution in [0.1, 0.15) is 6.92 Å². The van der Waals surface area contributed by atoms with E-state index in [1.807, 2.05) is 19.1 Å². The molecule has 0 atom stereocenters. The van der Waals surface area contributed by atoms with Gasteiger partial charge in [0.2, 0.25) is 15.5 Å². The molecule has 0 bridgehead atoms. The van der Waals surface area contributed by atoms with Gasteiger partial charge in [0.25, 0.3) is 0 Å². The van der Waals surface area contributed by atoms with Crippen molar-refractivity contribution in [3.63, 3.8) is 0 Å². The molecule has 1 aromatic carbocycles. The Bertz CT molecular complexity index is 851. The van der Waals surface area contributed by atoms with Gasteiger partial charge in [-0.1, -0.05) is 12.1 Å². The second-order valence-corrected chi connectivity index (χ2v) is 7.05. The zero-order chi connectivity index (χ0) is 15.7. The first-order valence-electron chi connectivity index (χ1n) is 7.26. The third-order valence-electron chi connectivity index (χ3n) is 3.88. The third-order valence-corrected chi connectivity index (χ3v) is 5.78. The van der Waals surface area contributed by atoms with E-state index < -0.39 is 15.5 Å². The summed E-state index contributed by atoms with van der Waals surface area (Å²) in [6.07, 6.45) is 1.45. The number of nitrogens with zero attached hydrogens (tertiary/aromatic N) is 2. The van der Waals surface area contributed by atoms with Crippen molar-refractivity contribution in [2.45, 2.75) is 18.4 Å². The van der Waals surface area contributed by atoms with Crippen LogP contribution >= 0.6 is 0 Å². The lowest BCUT2D eigenvalue weighted by molar-refractivity contribution is 0.0730. The summed E-state index contributed by atoms with van der Waals surface area (Å²) in [7, 11) is -3.80. The van der Waals surface area contributed by atoms with Crippen molar-refractivity contribution < 1.29 is 13.2 Å². The Labute approximate surface area is 129 Å². The molecule has 2 aromatic rings. The molecule has 1 saturated heterocycles. The van der Waals surface area contributed by atoms with Crippen molar-refractivity contribution in [1.82, 2.24) is 8.87 Å². The lowest BCUT2D eigenvalue weighted by atomic mass is 10.2. The maximum absolute atomic E-state index is 12.8. The van der Waals surface area contributed by atoms with Gasteiger partial charge in [-0.15, -0.1) is 0 Å². The fourth-order valence-corrected chi connectivity index (χ4v) is 4.20. The number of sulfonamides is 1. The van der Waals surface area contributed by atoms with Crippen LogP contribution in [0.25, 0.3) is 10.9 Å². The Morgan fingerprint density at radius 2 is 1.86 bits per heavy atom. The van der Waals surface area contributed by atoms with E-state index in [9.17, 15) is 13.2 Å². The molecule has 1 aliphatic heterocycles. The average molecular weight is 322 g/mol. The zero-order valence-electron chi connectivity index (χ0n) is 12.4. The van der Waals surface area contributed by atoms with Crippen LogP contribution in [0, 0.1) is 0 Å². The van der Waals surface area contributed by atoms with Crippen molar-refractivity contribution in [1.29, 1.82) is 0 Å². The highest BCUT2D eigenvalue weighted by molar-refractivity contribution is 7.89. The first-order valence-corrected chi connectivity index (χ1v) is 8.70. The lowest BCUT2D eigenvalue weighted by Crippen LogP contribution is -2.42. The van der Waals surface area contributed by atoms with Crippen LogP contribution < -0.4 is 5.43 Å². The summed E-state index contributed by atoms with van der Waals surface area (Å²) >= 11 is 0. The SMILES string of the molecule is CCn1cc(S(=O)(=O)N2CCOCC2)c(=O)c2ccccc21. The third kappa shape index (κ3) is 2.45. The molecule has 1 aromatic heterocycles. The van der Waals surface area contributed by atoms with E-state index in [2.05, 4.69) is 0 Å². The van der Waals surface area contributed by atoms with E-state index in [4.69, 9.17) is 4.74 Å². The Morgan fingerprint density at radius 3 is 2.55 bits per heavy atom. The summed E-state index contributed by atoms with van der Waals surface area (Å²) in [5.74, 6) is 0. The first-order chi connectivity index (χ1) is 10.6. The predicted octanol–water partition coefficient (Wildman–Crippen LogP) is 1.04. The molecule has 7 heteroatoms. The highest BCUT2D eigenvalue weighted by Crippen LogP contribution is 2.18. The van der Waals surface area contributed by atoms with E-state index in [0.717, 1.165) is 5.52 Å². The van der Waals surface area contributed by atoms with E-state index in [-0.39, 0.29) is 18.0 Å². The van der Waals surface area contributed by atoms with Crippen molar-refractivity contribution in [3.8, 4) is 0 Å². The summed E-state index contributed by atoms with van der Waals surface area (Å²) in [5.41, 5.74) is 0.308. The van der Waals surface area contributed by atoms with E-state index in [1.165, 1.54) is 10.5 Å². The summed E-state index contributed by atoms with van der Waals surface area (Å²) < 4.78 is 33.9. The topological polar surface area (TPSA) is 68.6 Å². The number of ether oxygens (including phenoxy) is 1. The minimum absolute atomic E-state index is 0.157. The largest absolute Gasteiger partial charge is 0.379 e.